The van der Waals surface area contributed by atoms with Gasteiger partial charge in [-0.3, -0.25) is 0 Å². The molecule has 0 aliphatic heterocycles. The van der Waals surface area contributed by atoms with Crippen molar-refractivity contribution < 1.29 is 0 Å². The van der Waals surface area contributed by atoms with E-state index in [2.05, 4.69) is 209 Å². The van der Waals surface area contributed by atoms with Crippen LogP contribution >= 0.6 is 0 Å². The first-order valence-electron chi connectivity index (χ1n) is 18.6. The molecule has 9 aromatic rings. The number of rotatable bonds is 6. The molecule has 0 aliphatic carbocycles. The molecule has 0 aromatic heterocycles. The maximum atomic E-state index is 2.38. The van der Waals surface area contributed by atoms with Crippen LogP contribution in [0.3, 0.4) is 0 Å². The molecule has 0 heterocycles. The second-order valence-electron chi connectivity index (χ2n) is 14.0. The second kappa shape index (κ2) is 13.6. The lowest BCUT2D eigenvalue weighted by molar-refractivity contribution is 1.44. The SMILES string of the molecule is C/C=C\c1cc(-c2ccc3ccc(-c4c5ccccc5c(C(/C=C\c5cc6ccccc6c6ccccc56)=C/C)c5ccccc45)cc3c2)ccc1C. The molecule has 0 radical (unpaired) electrons. The Morgan fingerprint density at radius 2 is 0.981 bits per heavy atom. The highest BCUT2D eigenvalue weighted by Crippen LogP contribution is 2.43. The summed E-state index contributed by atoms with van der Waals surface area (Å²) in [4.78, 5) is 0. The highest BCUT2D eigenvalue weighted by molar-refractivity contribution is 6.20. The van der Waals surface area contributed by atoms with Crippen molar-refractivity contribution in [2.45, 2.75) is 20.8 Å². The van der Waals surface area contributed by atoms with Gasteiger partial charge in [-0.25, -0.2) is 0 Å². The Balaban J connectivity index is 1.20. The fraction of sp³-hybridized carbons (Fsp3) is 0.0566. The summed E-state index contributed by atoms with van der Waals surface area (Å²) in [7, 11) is 0. The third-order valence-corrected chi connectivity index (χ3v) is 10.9. The smallest absolute Gasteiger partial charge is 0.00262 e. The monoisotopic (exact) mass is 676 g/mol. The van der Waals surface area contributed by atoms with Gasteiger partial charge in [0.15, 0.2) is 0 Å². The molecule has 0 amide bonds. The zero-order valence-electron chi connectivity index (χ0n) is 30.4. The van der Waals surface area contributed by atoms with Gasteiger partial charge >= 0.3 is 0 Å². The Labute approximate surface area is 311 Å². The molecule has 0 nitrogen and oxygen atoms in total. The van der Waals surface area contributed by atoms with Crippen LogP contribution in [0.5, 0.6) is 0 Å². The zero-order chi connectivity index (χ0) is 35.9. The minimum atomic E-state index is 1.21. The molecule has 0 bridgehead atoms. The first-order chi connectivity index (χ1) is 26.1. The van der Waals surface area contributed by atoms with Crippen LogP contribution in [0.15, 0.2) is 176 Å². The van der Waals surface area contributed by atoms with Gasteiger partial charge in [-0.1, -0.05) is 164 Å². The number of benzene rings is 9. The van der Waals surface area contributed by atoms with Crippen LogP contribution in [0.1, 0.15) is 36.1 Å². The third kappa shape index (κ3) is 5.74. The molecule has 53 heavy (non-hydrogen) atoms. The molecule has 0 heteroatoms. The lowest BCUT2D eigenvalue weighted by Gasteiger charge is -2.18. The average Bonchev–Trinajstić information content (AvgIpc) is 3.21. The lowest BCUT2D eigenvalue weighted by Crippen LogP contribution is -1.93. The van der Waals surface area contributed by atoms with E-state index in [0.717, 1.165) is 0 Å². The molecule has 0 spiro atoms. The highest BCUT2D eigenvalue weighted by atomic mass is 14.2. The van der Waals surface area contributed by atoms with Crippen LogP contribution in [0, 0.1) is 6.92 Å². The first-order valence-corrected chi connectivity index (χ1v) is 18.6. The van der Waals surface area contributed by atoms with Crippen molar-refractivity contribution in [2.24, 2.45) is 0 Å². The molecule has 252 valence electrons. The summed E-state index contributed by atoms with van der Waals surface area (Å²) in [5.41, 5.74) is 11.2. The van der Waals surface area contributed by atoms with Gasteiger partial charge in [-0.05, 0) is 149 Å². The number of aryl methyl sites for hydroxylation is 1. The van der Waals surface area contributed by atoms with E-state index in [1.807, 2.05) is 0 Å². The Kier molecular flexibility index (Phi) is 8.30. The van der Waals surface area contributed by atoms with Crippen molar-refractivity contribution in [3.8, 4) is 22.3 Å². The summed E-state index contributed by atoms with van der Waals surface area (Å²) in [6, 6.07) is 58.2. The van der Waals surface area contributed by atoms with Gasteiger partial charge in [0.25, 0.3) is 0 Å². The van der Waals surface area contributed by atoms with E-state index in [1.165, 1.54) is 104 Å². The molecule has 9 aromatic carbocycles. The maximum Gasteiger partial charge on any atom is -0.00262 e. The summed E-state index contributed by atoms with van der Waals surface area (Å²) < 4.78 is 0. The summed E-state index contributed by atoms with van der Waals surface area (Å²) in [5.74, 6) is 0. The fourth-order valence-corrected chi connectivity index (χ4v) is 8.24. The maximum absolute atomic E-state index is 2.38. The lowest BCUT2D eigenvalue weighted by atomic mass is 9.85. The van der Waals surface area contributed by atoms with E-state index < -0.39 is 0 Å². The quantitative estimate of drug-likeness (QED) is 0.0934. The Morgan fingerprint density at radius 3 is 1.68 bits per heavy atom. The van der Waals surface area contributed by atoms with Crippen molar-refractivity contribution in [3.05, 3.63) is 198 Å². The van der Waals surface area contributed by atoms with Gasteiger partial charge in [-0.15, -0.1) is 0 Å². The van der Waals surface area contributed by atoms with Crippen molar-refractivity contribution >= 4 is 71.6 Å². The van der Waals surface area contributed by atoms with Gasteiger partial charge in [0.05, 0.1) is 0 Å². The number of hydrogen-bond acceptors (Lipinski definition) is 0. The third-order valence-electron chi connectivity index (χ3n) is 10.9. The predicted octanol–water partition coefficient (Wildman–Crippen LogP) is 15.2. The molecule has 0 fully saturated rings. The summed E-state index contributed by atoms with van der Waals surface area (Å²) in [5, 5.41) is 12.6. The molecule has 0 saturated heterocycles. The van der Waals surface area contributed by atoms with Crippen molar-refractivity contribution in [1.82, 2.24) is 0 Å². The first kappa shape index (κ1) is 32.4. The van der Waals surface area contributed by atoms with Crippen molar-refractivity contribution in [2.75, 3.05) is 0 Å². The van der Waals surface area contributed by atoms with Crippen LogP contribution in [0.4, 0.5) is 0 Å². The van der Waals surface area contributed by atoms with Gasteiger partial charge < -0.3 is 0 Å². The number of allylic oxidation sites excluding steroid dienone is 4. The standard InChI is InChI=1S/C53H40/c1-4-14-38-31-39(24-23-35(38)3)40-28-26-37-27-30-43(34-44(37)32-40)53-50-21-12-10-19-48(50)52(49-20-11-13-22-51(49)53)36(5-2)25-29-42-33-41-15-6-7-16-45(41)47-18-9-8-17-46(42)47/h4-34H,1-3H3/b14-4-,29-25-,36-5+. The topological polar surface area (TPSA) is 0 Å². The molecule has 0 aliphatic rings. The number of hydrogen-bond donors (Lipinski definition) is 0. The highest BCUT2D eigenvalue weighted by Gasteiger charge is 2.17. The van der Waals surface area contributed by atoms with Gasteiger partial charge in [0, 0.05) is 0 Å². The van der Waals surface area contributed by atoms with Crippen LogP contribution in [-0.4, -0.2) is 0 Å². The largest absolute Gasteiger partial charge is 0.0871 e. The fourth-order valence-electron chi connectivity index (χ4n) is 8.24. The summed E-state index contributed by atoms with van der Waals surface area (Å²) in [6.45, 7) is 6.41. The molecule has 0 N–H and O–H groups in total. The zero-order valence-corrected chi connectivity index (χ0v) is 30.4. The molecular formula is C53H40. The minimum absolute atomic E-state index is 1.21. The second-order valence-corrected chi connectivity index (χ2v) is 14.0. The molecule has 0 unspecified atom stereocenters. The molecule has 0 saturated carbocycles. The van der Waals surface area contributed by atoms with Crippen LogP contribution in [0.25, 0.3) is 93.8 Å². The van der Waals surface area contributed by atoms with E-state index in [1.54, 1.807) is 0 Å². The Bertz CT molecular complexity index is 2910. The van der Waals surface area contributed by atoms with Crippen LogP contribution < -0.4 is 0 Å². The van der Waals surface area contributed by atoms with Gasteiger partial charge in [0.2, 0.25) is 0 Å². The predicted molar refractivity (Wildman–Crippen MR) is 233 cm³/mol. The van der Waals surface area contributed by atoms with Crippen molar-refractivity contribution in [3.63, 3.8) is 0 Å². The van der Waals surface area contributed by atoms with E-state index in [4.69, 9.17) is 0 Å². The van der Waals surface area contributed by atoms with Crippen LogP contribution in [0.2, 0.25) is 0 Å². The van der Waals surface area contributed by atoms with E-state index in [0.29, 0.717) is 0 Å². The van der Waals surface area contributed by atoms with Crippen LogP contribution in [-0.2, 0) is 0 Å². The Morgan fingerprint density at radius 1 is 0.415 bits per heavy atom. The van der Waals surface area contributed by atoms with Gasteiger partial charge in [-0.2, -0.15) is 0 Å². The van der Waals surface area contributed by atoms with E-state index >= 15 is 0 Å². The molecule has 0 atom stereocenters. The molecular weight excluding hydrogens is 637 g/mol. The molecule has 9 rings (SSSR count). The van der Waals surface area contributed by atoms with E-state index in [-0.39, 0.29) is 0 Å². The summed E-state index contributed by atoms with van der Waals surface area (Å²) in [6.07, 6.45) is 11.2. The Hall–Kier alpha value is -6.50. The minimum Gasteiger partial charge on any atom is -0.0871 e. The number of fused-ring (bicyclic) bond motifs is 6. The average molecular weight is 677 g/mol. The van der Waals surface area contributed by atoms with E-state index in [9.17, 15) is 0 Å². The normalized spacial score (nSPS) is 12.4. The van der Waals surface area contributed by atoms with Crippen molar-refractivity contribution in [1.29, 1.82) is 0 Å². The summed E-state index contributed by atoms with van der Waals surface area (Å²) >= 11 is 0. The van der Waals surface area contributed by atoms with Gasteiger partial charge in [0.1, 0.15) is 0 Å².